The summed E-state index contributed by atoms with van der Waals surface area (Å²) >= 11 is 0. The van der Waals surface area contributed by atoms with Gasteiger partial charge >= 0.3 is 5.97 Å². The third-order valence-electron chi connectivity index (χ3n) is 3.80. The third-order valence-corrected chi connectivity index (χ3v) is 3.80. The predicted octanol–water partition coefficient (Wildman–Crippen LogP) is 2.48. The maximum atomic E-state index is 12.9. The summed E-state index contributed by atoms with van der Waals surface area (Å²) in [7, 11) is 0. The zero-order valence-corrected chi connectivity index (χ0v) is 13.1. The highest BCUT2D eigenvalue weighted by atomic mass is 16.6. The van der Waals surface area contributed by atoms with Crippen LogP contribution in [0, 0.1) is 37.0 Å². The number of esters is 1. The van der Waals surface area contributed by atoms with Gasteiger partial charge in [-0.3, -0.25) is 9.69 Å². The van der Waals surface area contributed by atoms with E-state index in [0.717, 1.165) is 5.92 Å². The largest absolute Gasteiger partial charge is 0.439 e. The molecule has 2 aliphatic rings. The van der Waals surface area contributed by atoms with Crippen molar-refractivity contribution in [3.63, 3.8) is 0 Å². The van der Waals surface area contributed by atoms with Gasteiger partial charge < -0.3 is 4.74 Å². The molecule has 2 fully saturated rings. The lowest BCUT2D eigenvalue weighted by atomic mass is 9.88. The predicted molar refractivity (Wildman–Crippen MR) is 79.8 cm³/mol. The van der Waals surface area contributed by atoms with Crippen molar-refractivity contribution in [2.75, 3.05) is 0 Å². The van der Waals surface area contributed by atoms with Gasteiger partial charge in [-0.15, -0.1) is 6.58 Å². The van der Waals surface area contributed by atoms with Gasteiger partial charge in [0.25, 0.3) is 0 Å². The number of hydrogen-bond acceptors (Lipinski definition) is 3. The smallest absolute Gasteiger partial charge is 0.334 e. The number of amides is 1. The lowest BCUT2D eigenvalue weighted by Gasteiger charge is -2.38. The van der Waals surface area contributed by atoms with Crippen LogP contribution >= 0.6 is 0 Å². The van der Waals surface area contributed by atoms with Crippen LogP contribution in [0.15, 0.2) is 12.7 Å². The number of carbonyl (C=O) groups is 2. The van der Waals surface area contributed by atoms with E-state index in [1.54, 1.807) is 17.9 Å². The lowest BCUT2D eigenvalue weighted by molar-refractivity contribution is -0.148. The Bertz CT molecular complexity index is 445. The molecule has 4 nitrogen and oxygen atoms in total. The second-order valence-corrected chi connectivity index (χ2v) is 6.67. The fourth-order valence-corrected chi connectivity index (χ4v) is 2.56. The average molecular weight is 288 g/mol. The summed E-state index contributed by atoms with van der Waals surface area (Å²) in [4.78, 5) is 26.8. The highest BCUT2D eigenvalue weighted by molar-refractivity contribution is 5.93. The number of hydrogen-bond donors (Lipinski definition) is 0. The zero-order valence-electron chi connectivity index (χ0n) is 13.1. The first kappa shape index (κ1) is 16.1. The molecule has 0 aromatic carbocycles. The van der Waals surface area contributed by atoms with Gasteiger partial charge in [0.05, 0.1) is 0 Å². The van der Waals surface area contributed by atoms with Crippen molar-refractivity contribution in [3.05, 3.63) is 44.3 Å². The molecule has 0 bridgehead atoms. The van der Waals surface area contributed by atoms with E-state index in [1.165, 1.54) is 0 Å². The number of nitrogens with zero attached hydrogens (tertiary/aromatic N) is 1. The van der Waals surface area contributed by atoms with Gasteiger partial charge in [-0.05, 0) is 39.0 Å². The van der Waals surface area contributed by atoms with Gasteiger partial charge in [0.15, 0.2) is 6.23 Å². The molecule has 1 aliphatic heterocycles. The van der Waals surface area contributed by atoms with Gasteiger partial charge in [-0.25, -0.2) is 4.79 Å². The van der Waals surface area contributed by atoms with Crippen LogP contribution in [0.2, 0.25) is 0 Å². The minimum atomic E-state index is -1.01. The van der Waals surface area contributed by atoms with E-state index in [0.29, 0.717) is 6.42 Å². The molecule has 1 saturated carbocycles. The van der Waals surface area contributed by atoms with Crippen LogP contribution < -0.4 is 0 Å². The first-order valence-corrected chi connectivity index (χ1v) is 7.09. The topological polar surface area (TPSA) is 46.6 Å². The first-order chi connectivity index (χ1) is 9.71. The molecule has 1 aliphatic carbocycles. The molecule has 0 N–H and O–H groups in total. The second kappa shape index (κ2) is 5.47. The van der Waals surface area contributed by atoms with E-state index < -0.39 is 17.2 Å². The minimum Gasteiger partial charge on any atom is -0.439 e. The standard InChI is InChI=1S/C17H22NO3/c1-6-11-17(5)15(20)21-13(12-9-7-8-10-12)18(17)14(19)16(2,3)4/h6-10,13H,1,11H2,2-5H3/t13-,17+/m0/s1. The van der Waals surface area contributed by atoms with Gasteiger partial charge in [0.1, 0.15) is 5.54 Å². The van der Waals surface area contributed by atoms with Crippen LogP contribution in [-0.2, 0) is 14.3 Å². The quantitative estimate of drug-likeness (QED) is 0.592. The summed E-state index contributed by atoms with van der Waals surface area (Å²) in [5.41, 5.74) is -1.60. The monoisotopic (exact) mass is 288 g/mol. The van der Waals surface area contributed by atoms with Crippen LogP contribution in [0.3, 0.4) is 0 Å². The molecule has 5 radical (unpaired) electrons. The molecule has 0 spiro atoms. The fraction of sp³-hybridized carbons (Fsp3) is 0.471. The highest BCUT2D eigenvalue weighted by Gasteiger charge is 2.57. The molecule has 2 rings (SSSR count). The van der Waals surface area contributed by atoms with Crippen molar-refractivity contribution in [2.45, 2.75) is 45.9 Å². The molecule has 0 unspecified atom stereocenters. The molecule has 1 saturated heterocycles. The van der Waals surface area contributed by atoms with Crippen molar-refractivity contribution in [1.29, 1.82) is 0 Å². The van der Waals surface area contributed by atoms with Gasteiger partial charge in [-0.2, -0.15) is 0 Å². The minimum absolute atomic E-state index is 0.107. The lowest BCUT2D eigenvalue weighted by Crippen LogP contribution is -2.55. The molecule has 2 atom stereocenters. The summed E-state index contributed by atoms with van der Waals surface area (Å²) in [5.74, 6) is 0.323. The summed E-state index contributed by atoms with van der Waals surface area (Å²) in [6.07, 6.45) is 8.81. The molecule has 113 valence electrons. The van der Waals surface area contributed by atoms with E-state index in [-0.39, 0.29) is 11.9 Å². The van der Waals surface area contributed by atoms with Gasteiger partial charge in [0.2, 0.25) is 5.91 Å². The van der Waals surface area contributed by atoms with Crippen molar-refractivity contribution < 1.29 is 14.3 Å². The Morgan fingerprint density at radius 2 is 2.00 bits per heavy atom. The van der Waals surface area contributed by atoms with E-state index in [1.807, 2.05) is 46.5 Å². The van der Waals surface area contributed by atoms with E-state index in [4.69, 9.17) is 4.74 Å². The van der Waals surface area contributed by atoms with Crippen molar-refractivity contribution in [3.8, 4) is 0 Å². The molecular weight excluding hydrogens is 266 g/mol. The van der Waals surface area contributed by atoms with Crippen LogP contribution in [0.5, 0.6) is 0 Å². The van der Waals surface area contributed by atoms with E-state index in [2.05, 4.69) is 6.58 Å². The Kier molecular flexibility index (Phi) is 4.18. The average Bonchev–Trinajstić information content (AvgIpc) is 2.96. The summed E-state index contributed by atoms with van der Waals surface area (Å²) in [5, 5.41) is 0. The highest BCUT2D eigenvalue weighted by Crippen LogP contribution is 2.42. The summed E-state index contributed by atoms with van der Waals surface area (Å²) in [6.45, 7) is 11.0. The Balaban J connectivity index is 2.39. The first-order valence-electron chi connectivity index (χ1n) is 7.09. The van der Waals surface area contributed by atoms with Crippen LogP contribution in [-0.4, -0.2) is 28.5 Å². The Morgan fingerprint density at radius 1 is 1.43 bits per heavy atom. The number of carbonyl (C=O) groups excluding carboxylic acids is 2. The number of rotatable bonds is 3. The van der Waals surface area contributed by atoms with Gasteiger partial charge in [0, 0.05) is 11.3 Å². The molecule has 1 heterocycles. The maximum absolute atomic E-state index is 12.9. The van der Waals surface area contributed by atoms with E-state index in [9.17, 15) is 9.59 Å². The third kappa shape index (κ3) is 2.72. The molecular formula is C17H22NO3. The summed E-state index contributed by atoms with van der Waals surface area (Å²) < 4.78 is 5.52. The Labute approximate surface area is 127 Å². The molecule has 1 amide bonds. The van der Waals surface area contributed by atoms with Crippen molar-refractivity contribution in [1.82, 2.24) is 4.90 Å². The molecule has 4 heteroatoms. The normalized spacial score (nSPS) is 30.6. The van der Waals surface area contributed by atoms with Crippen molar-refractivity contribution >= 4 is 11.9 Å². The second-order valence-electron chi connectivity index (χ2n) is 6.67. The molecule has 0 aromatic rings. The SMILES string of the molecule is C=CC[C@]1(C)C(=O)O[C@@H]([C]2[CH][CH][CH][CH]2)N1C(=O)C(C)(C)C. The number of ether oxygens (including phenoxy) is 1. The fourth-order valence-electron chi connectivity index (χ4n) is 2.56. The Hall–Kier alpha value is -1.32. The van der Waals surface area contributed by atoms with Crippen LogP contribution in [0.4, 0.5) is 0 Å². The Morgan fingerprint density at radius 3 is 2.48 bits per heavy atom. The summed E-state index contributed by atoms with van der Waals surface area (Å²) in [6, 6.07) is 0. The van der Waals surface area contributed by atoms with Crippen molar-refractivity contribution in [2.24, 2.45) is 5.41 Å². The molecule has 0 aromatic heterocycles. The van der Waals surface area contributed by atoms with Gasteiger partial charge in [-0.1, -0.05) is 26.8 Å². The zero-order chi connectivity index (χ0) is 15.8. The van der Waals surface area contributed by atoms with Crippen LogP contribution in [0.1, 0.15) is 34.1 Å². The maximum Gasteiger partial charge on any atom is 0.334 e. The van der Waals surface area contributed by atoms with Crippen LogP contribution in [0.25, 0.3) is 0 Å². The molecule has 21 heavy (non-hydrogen) atoms. The van der Waals surface area contributed by atoms with E-state index >= 15 is 0 Å². The number of cyclic esters (lactones) is 1.